The zero-order valence-electron chi connectivity index (χ0n) is 8.74. The molecule has 0 aliphatic heterocycles. The number of nitrogens with one attached hydrogen (secondary N) is 1. The van der Waals surface area contributed by atoms with E-state index in [1.54, 1.807) is 4.68 Å². The van der Waals surface area contributed by atoms with Crippen LogP contribution in [-0.4, -0.2) is 21.7 Å². The van der Waals surface area contributed by atoms with Crippen molar-refractivity contribution in [3.63, 3.8) is 0 Å². The molecule has 78 valence electrons. The molecule has 14 heavy (non-hydrogen) atoms. The fourth-order valence-electron chi connectivity index (χ4n) is 1.18. The minimum Gasteiger partial charge on any atom is -0.368 e. The van der Waals surface area contributed by atoms with E-state index in [1.165, 1.54) is 0 Å². The number of carbonyl (C=O) groups excluding carboxylic acids is 1. The molecular weight excluding hydrogens is 180 g/mol. The number of aromatic nitrogens is 2. The van der Waals surface area contributed by atoms with Crippen LogP contribution < -0.4 is 11.1 Å². The van der Waals surface area contributed by atoms with Crippen LogP contribution in [0.4, 0.5) is 5.82 Å². The average molecular weight is 196 g/mol. The van der Waals surface area contributed by atoms with Crippen molar-refractivity contribution in [2.45, 2.75) is 26.3 Å². The van der Waals surface area contributed by atoms with Gasteiger partial charge in [-0.05, 0) is 13.3 Å². The van der Waals surface area contributed by atoms with Gasteiger partial charge in [0.15, 0.2) is 0 Å². The summed E-state index contributed by atoms with van der Waals surface area (Å²) in [6, 6.07) is 1.54. The number of rotatable bonds is 4. The van der Waals surface area contributed by atoms with Gasteiger partial charge in [0.25, 0.3) is 0 Å². The van der Waals surface area contributed by atoms with Crippen LogP contribution in [0.15, 0.2) is 6.07 Å². The van der Waals surface area contributed by atoms with Gasteiger partial charge in [0.2, 0.25) is 5.91 Å². The highest BCUT2D eigenvalue weighted by Gasteiger charge is 2.13. The van der Waals surface area contributed by atoms with Gasteiger partial charge in [-0.25, -0.2) is 0 Å². The quantitative estimate of drug-likeness (QED) is 0.732. The van der Waals surface area contributed by atoms with Crippen LogP contribution in [0.5, 0.6) is 0 Å². The van der Waals surface area contributed by atoms with E-state index in [0.717, 1.165) is 5.69 Å². The first-order chi connectivity index (χ1) is 6.54. The summed E-state index contributed by atoms with van der Waals surface area (Å²) in [6.07, 6.45) is 0.658. The number of hydrogen-bond acceptors (Lipinski definition) is 3. The third-order valence-electron chi connectivity index (χ3n) is 2.19. The predicted molar refractivity (Wildman–Crippen MR) is 54.8 cm³/mol. The van der Waals surface area contributed by atoms with Crippen LogP contribution in [0, 0.1) is 6.92 Å². The highest BCUT2D eigenvalue weighted by atomic mass is 16.1. The highest BCUT2D eigenvalue weighted by molar-refractivity contribution is 5.82. The van der Waals surface area contributed by atoms with Crippen molar-refractivity contribution in [1.82, 2.24) is 9.78 Å². The predicted octanol–water partition coefficient (Wildman–Crippen LogP) is 0.404. The van der Waals surface area contributed by atoms with Crippen molar-refractivity contribution in [2.75, 3.05) is 5.32 Å². The molecule has 5 heteroatoms. The molecule has 0 fully saturated rings. The minimum atomic E-state index is -0.351. The van der Waals surface area contributed by atoms with Gasteiger partial charge in [0.05, 0.1) is 0 Å². The largest absolute Gasteiger partial charge is 0.368 e. The first-order valence-corrected chi connectivity index (χ1v) is 4.61. The summed E-state index contributed by atoms with van der Waals surface area (Å²) < 4.78 is 1.75. The van der Waals surface area contributed by atoms with Gasteiger partial charge in [-0.2, -0.15) is 5.10 Å². The Labute approximate surface area is 83.3 Å². The molecule has 0 bridgehead atoms. The van der Waals surface area contributed by atoms with E-state index in [2.05, 4.69) is 10.4 Å². The van der Waals surface area contributed by atoms with Crippen LogP contribution in [0.3, 0.4) is 0 Å². The standard InChI is InChI=1S/C9H16N4O/c1-4-7(9(10)14)11-8-5-6(2)13(3)12-8/h5,7H,4H2,1-3H3,(H2,10,14)(H,11,12). The fraction of sp³-hybridized carbons (Fsp3) is 0.556. The Kier molecular flexibility index (Phi) is 3.11. The highest BCUT2D eigenvalue weighted by Crippen LogP contribution is 2.09. The molecule has 0 spiro atoms. The maximum absolute atomic E-state index is 11.0. The van der Waals surface area contributed by atoms with Crippen molar-refractivity contribution in [3.05, 3.63) is 11.8 Å². The lowest BCUT2D eigenvalue weighted by Gasteiger charge is -2.11. The number of aryl methyl sites for hydroxylation is 2. The lowest BCUT2D eigenvalue weighted by atomic mass is 10.2. The molecule has 1 atom stereocenters. The Hall–Kier alpha value is -1.52. The fourth-order valence-corrected chi connectivity index (χ4v) is 1.18. The minimum absolute atomic E-state index is 0.343. The molecule has 0 radical (unpaired) electrons. The Morgan fingerprint density at radius 2 is 2.43 bits per heavy atom. The molecule has 0 saturated carbocycles. The Bertz CT molecular complexity index is 312. The summed E-state index contributed by atoms with van der Waals surface area (Å²) in [5.74, 6) is 0.339. The molecule has 1 amide bonds. The molecule has 0 aliphatic rings. The van der Waals surface area contributed by atoms with Crippen LogP contribution in [-0.2, 0) is 11.8 Å². The number of nitrogens with zero attached hydrogens (tertiary/aromatic N) is 2. The van der Waals surface area contributed by atoms with Crippen molar-refractivity contribution in [2.24, 2.45) is 12.8 Å². The van der Waals surface area contributed by atoms with Crippen LogP contribution in [0.1, 0.15) is 19.0 Å². The van der Waals surface area contributed by atoms with Gasteiger partial charge >= 0.3 is 0 Å². The van der Waals surface area contributed by atoms with Gasteiger partial charge in [0, 0.05) is 18.8 Å². The number of anilines is 1. The number of primary amides is 1. The first-order valence-electron chi connectivity index (χ1n) is 4.61. The van der Waals surface area contributed by atoms with E-state index in [4.69, 9.17) is 5.73 Å². The maximum atomic E-state index is 11.0. The van der Waals surface area contributed by atoms with Crippen molar-refractivity contribution in [1.29, 1.82) is 0 Å². The third kappa shape index (κ3) is 2.25. The molecule has 1 heterocycles. The summed E-state index contributed by atoms with van der Waals surface area (Å²) in [7, 11) is 1.85. The number of hydrogen-bond donors (Lipinski definition) is 2. The Balaban J connectivity index is 2.72. The van der Waals surface area contributed by atoms with Gasteiger partial charge < -0.3 is 11.1 Å². The smallest absolute Gasteiger partial charge is 0.239 e. The molecule has 1 unspecified atom stereocenters. The summed E-state index contributed by atoms with van der Waals surface area (Å²) in [6.45, 7) is 3.85. The van der Waals surface area contributed by atoms with E-state index in [9.17, 15) is 4.79 Å². The number of carbonyl (C=O) groups is 1. The third-order valence-corrected chi connectivity index (χ3v) is 2.19. The van der Waals surface area contributed by atoms with Gasteiger partial charge in [-0.15, -0.1) is 0 Å². The van der Waals surface area contributed by atoms with Gasteiger partial charge in [-0.1, -0.05) is 6.92 Å². The van der Waals surface area contributed by atoms with Crippen molar-refractivity contribution < 1.29 is 4.79 Å². The Morgan fingerprint density at radius 1 is 1.79 bits per heavy atom. The van der Waals surface area contributed by atoms with Crippen molar-refractivity contribution in [3.8, 4) is 0 Å². The molecule has 1 aromatic heterocycles. The Morgan fingerprint density at radius 3 is 2.79 bits per heavy atom. The first kappa shape index (κ1) is 10.6. The van der Waals surface area contributed by atoms with Crippen molar-refractivity contribution >= 4 is 11.7 Å². The normalized spacial score (nSPS) is 12.5. The summed E-state index contributed by atoms with van der Waals surface area (Å²) in [5, 5.41) is 7.16. The van der Waals surface area contributed by atoms with Crippen LogP contribution >= 0.6 is 0 Å². The maximum Gasteiger partial charge on any atom is 0.239 e. The van der Waals surface area contributed by atoms with E-state index in [-0.39, 0.29) is 11.9 Å². The summed E-state index contributed by atoms with van der Waals surface area (Å²) >= 11 is 0. The van der Waals surface area contributed by atoms with Gasteiger partial charge in [0.1, 0.15) is 11.9 Å². The number of nitrogens with two attached hydrogens (primary N) is 1. The van der Waals surface area contributed by atoms with Gasteiger partial charge in [-0.3, -0.25) is 9.48 Å². The average Bonchev–Trinajstić information content (AvgIpc) is 2.41. The second-order valence-electron chi connectivity index (χ2n) is 3.30. The molecule has 3 N–H and O–H groups in total. The lowest BCUT2D eigenvalue weighted by molar-refractivity contribution is -0.118. The topological polar surface area (TPSA) is 72.9 Å². The van der Waals surface area contributed by atoms with E-state index < -0.39 is 0 Å². The SMILES string of the molecule is CCC(Nc1cc(C)n(C)n1)C(N)=O. The molecule has 5 nitrogen and oxygen atoms in total. The molecule has 0 saturated heterocycles. The van der Waals surface area contributed by atoms with E-state index in [1.807, 2.05) is 27.0 Å². The zero-order chi connectivity index (χ0) is 10.7. The van der Waals surface area contributed by atoms with E-state index in [0.29, 0.717) is 12.2 Å². The lowest BCUT2D eigenvalue weighted by Crippen LogP contribution is -2.34. The second-order valence-corrected chi connectivity index (χ2v) is 3.30. The molecule has 1 aromatic rings. The molecular formula is C9H16N4O. The zero-order valence-corrected chi connectivity index (χ0v) is 8.74. The second kappa shape index (κ2) is 4.13. The molecule has 0 aliphatic carbocycles. The monoisotopic (exact) mass is 196 g/mol. The number of amides is 1. The molecule has 1 rings (SSSR count). The summed E-state index contributed by atoms with van der Waals surface area (Å²) in [4.78, 5) is 11.0. The van der Waals surface area contributed by atoms with Crippen LogP contribution in [0.25, 0.3) is 0 Å². The van der Waals surface area contributed by atoms with E-state index >= 15 is 0 Å². The summed E-state index contributed by atoms with van der Waals surface area (Å²) in [5.41, 5.74) is 6.24. The van der Waals surface area contributed by atoms with Crippen LogP contribution in [0.2, 0.25) is 0 Å². The molecule has 0 aromatic carbocycles.